The van der Waals surface area contributed by atoms with E-state index in [0.717, 1.165) is 5.56 Å². The summed E-state index contributed by atoms with van der Waals surface area (Å²) in [5.41, 5.74) is 7.06. The largest absolute Gasteiger partial charge is 0.398 e. The zero-order valence-corrected chi connectivity index (χ0v) is 12.2. The Kier molecular flexibility index (Phi) is 4.21. The van der Waals surface area contributed by atoms with Crippen molar-refractivity contribution >= 4 is 15.7 Å². The van der Waals surface area contributed by atoms with Gasteiger partial charge in [0, 0.05) is 26.0 Å². The van der Waals surface area contributed by atoms with Crippen molar-refractivity contribution < 1.29 is 8.42 Å². The molecule has 0 aliphatic carbocycles. The molecule has 1 aromatic heterocycles. The lowest BCUT2D eigenvalue weighted by atomic mass is 10.1. The van der Waals surface area contributed by atoms with Gasteiger partial charge in [-0.3, -0.25) is 4.98 Å². The molecule has 0 fully saturated rings. The normalized spacial score (nSPS) is 11.3. The summed E-state index contributed by atoms with van der Waals surface area (Å²) in [5.74, 6) is 0. The Morgan fingerprint density at radius 1 is 1.38 bits per heavy atom. The van der Waals surface area contributed by atoms with Crippen LogP contribution in [0.5, 0.6) is 0 Å². The zero-order valence-electron chi connectivity index (χ0n) is 11.4. The maximum absolute atomic E-state index is 12.5. The van der Waals surface area contributed by atoms with Crippen LogP contribution < -0.4 is 5.73 Å². The second-order valence-corrected chi connectivity index (χ2v) is 6.50. The number of benzene rings is 1. The molecule has 0 atom stereocenters. The van der Waals surface area contributed by atoms with Gasteiger partial charge in [-0.2, -0.15) is 9.57 Å². The molecule has 0 aliphatic heterocycles. The molecule has 6 nitrogen and oxygen atoms in total. The van der Waals surface area contributed by atoms with Crippen molar-refractivity contribution in [1.29, 1.82) is 5.26 Å². The van der Waals surface area contributed by atoms with Crippen LogP contribution in [0.3, 0.4) is 0 Å². The Bertz CT molecular complexity index is 797. The molecule has 0 spiro atoms. The Labute approximate surface area is 123 Å². The molecule has 0 bridgehead atoms. The summed E-state index contributed by atoms with van der Waals surface area (Å²) < 4.78 is 26.1. The highest BCUT2D eigenvalue weighted by Gasteiger charge is 2.23. The van der Waals surface area contributed by atoms with E-state index < -0.39 is 10.0 Å². The Balaban J connectivity index is 2.29. The van der Waals surface area contributed by atoms with Gasteiger partial charge in [-0.1, -0.05) is 12.1 Å². The summed E-state index contributed by atoms with van der Waals surface area (Å²) in [7, 11) is -2.27. The fourth-order valence-electron chi connectivity index (χ4n) is 1.86. The lowest BCUT2D eigenvalue weighted by Gasteiger charge is -2.18. The Hall–Kier alpha value is -2.43. The molecule has 2 rings (SSSR count). The monoisotopic (exact) mass is 302 g/mol. The second kappa shape index (κ2) is 5.91. The molecular formula is C14H14N4O2S. The van der Waals surface area contributed by atoms with Gasteiger partial charge in [0.1, 0.15) is 4.90 Å². The van der Waals surface area contributed by atoms with Crippen LogP contribution in [-0.2, 0) is 16.6 Å². The smallest absolute Gasteiger partial charge is 0.246 e. The molecule has 0 unspecified atom stereocenters. The average molecular weight is 302 g/mol. The summed E-state index contributed by atoms with van der Waals surface area (Å²) in [6.45, 7) is 0.145. The quantitative estimate of drug-likeness (QED) is 0.919. The average Bonchev–Trinajstić information content (AvgIpc) is 2.47. The molecule has 2 N–H and O–H groups in total. The molecule has 0 saturated heterocycles. The molecule has 0 amide bonds. The minimum atomic E-state index is -3.72. The molecule has 21 heavy (non-hydrogen) atoms. The van der Waals surface area contributed by atoms with Crippen LogP contribution in [0.4, 0.5) is 5.69 Å². The van der Waals surface area contributed by atoms with Gasteiger partial charge in [0.25, 0.3) is 0 Å². The molecule has 1 aromatic carbocycles. The number of rotatable bonds is 4. The van der Waals surface area contributed by atoms with Crippen molar-refractivity contribution in [3.05, 3.63) is 53.9 Å². The van der Waals surface area contributed by atoms with E-state index in [9.17, 15) is 8.42 Å². The summed E-state index contributed by atoms with van der Waals surface area (Å²) in [5, 5.41) is 8.86. The van der Waals surface area contributed by atoms with Crippen LogP contribution in [0.15, 0.2) is 47.6 Å². The van der Waals surface area contributed by atoms with Gasteiger partial charge in [-0.15, -0.1) is 0 Å². The van der Waals surface area contributed by atoms with Gasteiger partial charge in [0.15, 0.2) is 0 Å². The van der Waals surface area contributed by atoms with E-state index in [1.165, 1.54) is 29.8 Å². The maximum Gasteiger partial charge on any atom is 0.246 e. The van der Waals surface area contributed by atoms with E-state index in [-0.39, 0.29) is 17.1 Å². The number of nitrogens with two attached hydrogens (primary N) is 1. The maximum atomic E-state index is 12.5. The first kappa shape index (κ1) is 15.0. The van der Waals surface area contributed by atoms with Crippen molar-refractivity contribution in [1.82, 2.24) is 9.29 Å². The van der Waals surface area contributed by atoms with Gasteiger partial charge >= 0.3 is 0 Å². The third-order valence-electron chi connectivity index (χ3n) is 2.97. The van der Waals surface area contributed by atoms with Gasteiger partial charge < -0.3 is 5.73 Å². The van der Waals surface area contributed by atoms with Crippen molar-refractivity contribution in [3.8, 4) is 6.07 Å². The number of nitrogen functional groups attached to an aromatic ring is 1. The lowest BCUT2D eigenvalue weighted by Crippen LogP contribution is -2.27. The molecule has 1 heterocycles. The second-order valence-electron chi connectivity index (χ2n) is 4.49. The van der Waals surface area contributed by atoms with Crippen LogP contribution in [0.1, 0.15) is 11.1 Å². The van der Waals surface area contributed by atoms with E-state index in [1.807, 2.05) is 6.07 Å². The molecule has 7 heteroatoms. The molecule has 0 radical (unpaired) electrons. The fraction of sp³-hybridized carbons (Fsp3) is 0.143. The zero-order chi connectivity index (χ0) is 15.5. The predicted molar refractivity (Wildman–Crippen MR) is 78.5 cm³/mol. The Morgan fingerprint density at radius 2 is 2.14 bits per heavy atom. The first-order valence-corrected chi connectivity index (χ1v) is 7.54. The molecule has 108 valence electrons. The van der Waals surface area contributed by atoms with E-state index in [0.29, 0.717) is 5.56 Å². The highest BCUT2D eigenvalue weighted by atomic mass is 32.2. The topological polar surface area (TPSA) is 100 Å². The fourth-order valence-corrected chi connectivity index (χ4v) is 3.07. The number of hydrogen-bond acceptors (Lipinski definition) is 5. The van der Waals surface area contributed by atoms with Crippen molar-refractivity contribution in [2.75, 3.05) is 12.8 Å². The molecular weight excluding hydrogens is 288 g/mol. The minimum absolute atomic E-state index is 0.0241. The number of nitrogens with zero attached hydrogens (tertiary/aromatic N) is 3. The number of anilines is 1. The molecule has 0 saturated carbocycles. The number of aromatic nitrogens is 1. The van der Waals surface area contributed by atoms with E-state index >= 15 is 0 Å². The van der Waals surface area contributed by atoms with Crippen LogP contribution in [0.2, 0.25) is 0 Å². The highest BCUT2D eigenvalue weighted by molar-refractivity contribution is 7.89. The van der Waals surface area contributed by atoms with Crippen molar-refractivity contribution in [2.45, 2.75) is 11.4 Å². The van der Waals surface area contributed by atoms with Gasteiger partial charge in [0.05, 0.1) is 17.3 Å². The SMILES string of the molecule is CN(Cc1cccc(C#N)c1)S(=O)(=O)c1cnccc1N. The Morgan fingerprint density at radius 3 is 2.81 bits per heavy atom. The van der Waals surface area contributed by atoms with Gasteiger partial charge in [-0.25, -0.2) is 8.42 Å². The third kappa shape index (κ3) is 3.18. The first-order chi connectivity index (χ1) is 9.95. The highest BCUT2D eigenvalue weighted by Crippen LogP contribution is 2.21. The van der Waals surface area contributed by atoms with Gasteiger partial charge in [0.2, 0.25) is 10.0 Å². The number of nitriles is 1. The van der Waals surface area contributed by atoms with Crippen LogP contribution in [0.25, 0.3) is 0 Å². The number of hydrogen-bond donors (Lipinski definition) is 1. The standard InChI is InChI=1S/C14H14N4O2S/c1-18(10-12-4-2-3-11(7-12)8-15)21(19,20)14-9-17-6-5-13(14)16/h2-7,9H,10H2,1H3,(H2,16,17). The molecule has 2 aromatic rings. The molecule has 0 aliphatic rings. The predicted octanol–water partition coefficient (Wildman–Crippen LogP) is 1.36. The summed E-state index contributed by atoms with van der Waals surface area (Å²) in [6.07, 6.45) is 2.66. The summed E-state index contributed by atoms with van der Waals surface area (Å²) in [4.78, 5) is 3.78. The number of sulfonamides is 1. The van der Waals surface area contributed by atoms with Gasteiger partial charge in [-0.05, 0) is 23.8 Å². The van der Waals surface area contributed by atoms with Crippen molar-refractivity contribution in [2.24, 2.45) is 0 Å². The van der Waals surface area contributed by atoms with Crippen LogP contribution in [-0.4, -0.2) is 24.8 Å². The third-order valence-corrected chi connectivity index (χ3v) is 4.81. The van der Waals surface area contributed by atoms with E-state index in [2.05, 4.69) is 4.98 Å². The van der Waals surface area contributed by atoms with Crippen LogP contribution in [0, 0.1) is 11.3 Å². The van der Waals surface area contributed by atoms with E-state index in [1.54, 1.807) is 24.3 Å². The van der Waals surface area contributed by atoms with E-state index in [4.69, 9.17) is 11.0 Å². The van der Waals surface area contributed by atoms with Crippen molar-refractivity contribution in [3.63, 3.8) is 0 Å². The minimum Gasteiger partial charge on any atom is -0.398 e. The van der Waals surface area contributed by atoms with Crippen LogP contribution >= 0.6 is 0 Å². The first-order valence-electron chi connectivity index (χ1n) is 6.10. The lowest BCUT2D eigenvalue weighted by molar-refractivity contribution is 0.467. The number of pyridine rings is 1. The summed E-state index contributed by atoms with van der Waals surface area (Å²) >= 11 is 0. The summed E-state index contributed by atoms with van der Waals surface area (Å²) in [6, 6.07) is 10.3.